The Labute approximate surface area is 120 Å². The lowest BCUT2D eigenvalue weighted by atomic mass is 10.1. The summed E-state index contributed by atoms with van der Waals surface area (Å²) in [6.45, 7) is 4.64. The topological polar surface area (TPSA) is 72.2 Å². The first-order valence-electron chi connectivity index (χ1n) is 6.23. The molecule has 0 fully saturated rings. The summed E-state index contributed by atoms with van der Waals surface area (Å²) in [7, 11) is -3.55. The lowest BCUT2D eigenvalue weighted by Crippen LogP contribution is -2.27. The monoisotopic (exact) mass is 300 g/mol. The molecule has 0 amide bonds. The van der Waals surface area contributed by atoms with Gasteiger partial charge in [0.25, 0.3) is 0 Å². The average molecular weight is 300 g/mol. The quantitative estimate of drug-likeness (QED) is 0.597. The second-order valence-corrected chi connectivity index (χ2v) is 6.97. The van der Waals surface area contributed by atoms with E-state index in [2.05, 4.69) is 18.6 Å². The number of nitrogens with one attached hydrogen (secondary N) is 1. The van der Waals surface area contributed by atoms with Crippen LogP contribution in [0.15, 0.2) is 29.2 Å². The Balaban J connectivity index is 2.80. The van der Waals surface area contributed by atoms with Gasteiger partial charge in [-0.1, -0.05) is 44.3 Å². The van der Waals surface area contributed by atoms with E-state index in [1.54, 1.807) is 18.2 Å². The molecule has 106 valence electrons. The minimum Gasteiger partial charge on any atom is -0.389 e. The van der Waals surface area contributed by atoms with Gasteiger partial charge in [-0.2, -0.15) is 0 Å². The highest BCUT2D eigenvalue weighted by molar-refractivity contribution is 7.89. The van der Waals surface area contributed by atoms with Gasteiger partial charge in [0.05, 0.1) is 4.90 Å². The van der Waals surface area contributed by atoms with E-state index < -0.39 is 10.0 Å². The Kier molecular flexibility index (Phi) is 5.90. The van der Waals surface area contributed by atoms with Crippen LogP contribution in [0, 0.1) is 5.92 Å². The molecule has 1 aromatic rings. The average Bonchev–Trinajstić information content (AvgIpc) is 2.34. The van der Waals surface area contributed by atoms with Gasteiger partial charge in [-0.05, 0) is 24.8 Å². The SMILES string of the molecule is CC(C)CCCNS(=O)(=O)c1ccccc1C(N)=S. The van der Waals surface area contributed by atoms with Crippen LogP contribution in [0.3, 0.4) is 0 Å². The molecule has 0 saturated carbocycles. The number of hydrogen-bond acceptors (Lipinski definition) is 3. The van der Waals surface area contributed by atoms with E-state index in [9.17, 15) is 8.42 Å². The molecule has 0 heterocycles. The number of hydrogen-bond donors (Lipinski definition) is 2. The molecule has 1 rings (SSSR count). The fourth-order valence-corrected chi connectivity index (χ4v) is 3.24. The zero-order valence-electron chi connectivity index (χ0n) is 11.2. The van der Waals surface area contributed by atoms with Crippen molar-refractivity contribution in [3.8, 4) is 0 Å². The van der Waals surface area contributed by atoms with Gasteiger partial charge >= 0.3 is 0 Å². The maximum Gasteiger partial charge on any atom is 0.241 e. The highest BCUT2D eigenvalue weighted by atomic mass is 32.2. The van der Waals surface area contributed by atoms with Crippen LogP contribution in [0.2, 0.25) is 0 Å². The molecule has 4 nitrogen and oxygen atoms in total. The Hall–Kier alpha value is -0.980. The first kappa shape index (κ1) is 16.1. The summed E-state index contributed by atoms with van der Waals surface area (Å²) in [5.41, 5.74) is 5.93. The molecule has 19 heavy (non-hydrogen) atoms. The molecule has 0 bridgehead atoms. The summed E-state index contributed by atoms with van der Waals surface area (Å²) in [5.74, 6) is 0.563. The van der Waals surface area contributed by atoms with Crippen LogP contribution in [0.4, 0.5) is 0 Å². The Morgan fingerprint density at radius 3 is 2.58 bits per heavy atom. The second-order valence-electron chi connectivity index (χ2n) is 4.79. The third-order valence-electron chi connectivity index (χ3n) is 2.69. The summed E-state index contributed by atoms with van der Waals surface area (Å²) in [4.78, 5) is 0.232. The molecule has 0 atom stereocenters. The summed E-state index contributed by atoms with van der Waals surface area (Å²) in [5, 5.41) is 0. The lowest BCUT2D eigenvalue weighted by Gasteiger charge is -2.11. The largest absolute Gasteiger partial charge is 0.389 e. The maximum absolute atomic E-state index is 12.2. The molecule has 3 N–H and O–H groups in total. The zero-order valence-corrected chi connectivity index (χ0v) is 12.9. The van der Waals surface area contributed by atoms with Gasteiger partial charge < -0.3 is 5.73 Å². The fraction of sp³-hybridized carbons (Fsp3) is 0.462. The molecule has 0 aromatic heterocycles. The van der Waals surface area contributed by atoms with Crippen LogP contribution < -0.4 is 10.5 Å². The van der Waals surface area contributed by atoms with Crippen molar-refractivity contribution in [3.05, 3.63) is 29.8 Å². The summed E-state index contributed by atoms with van der Waals surface area (Å²) in [6, 6.07) is 6.50. The summed E-state index contributed by atoms with van der Waals surface area (Å²) >= 11 is 4.87. The van der Waals surface area contributed by atoms with Crippen molar-refractivity contribution in [1.29, 1.82) is 0 Å². The van der Waals surface area contributed by atoms with E-state index in [0.29, 0.717) is 18.0 Å². The predicted molar refractivity (Wildman–Crippen MR) is 81.6 cm³/mol. The number of nitrogens with two attached hydrogens (primary N) is 1. The van der Waals surface area contributed by atoms with Gasteiger partial charge in [-0.3, -0.25) is 0 Å². The van der Waals surface area contributed by atoms with Crippen molar-refractivity contribution < 1.29 is 8.42 Å². The van der Waals surface area contributed by atoms with Crippen LogP contribution in [0.5, 0.6) is 0 Å². The van der Waals surface area contributed by atoms with Crippen molar-refractivity contribution in [2.75, 3.05) is 6.54 Å². The molecule has 0 aliphatic heterocycles. The van der Waals surface area contributed by atoms with Crippen LogP contribution in [-0.2, 0) is 10.0 Å². The lowest BCUT2D eigenvalue weighted by molar-refractivity contribution is 0.540. The van der Waals surface area contributed by atoms with E-state index >= 15 is 0 Å². The van der Waals surface area contributed by atoms with Gasteiger partial charge in [0.1, 0.15) is 4.99 Å². The molecule has 0 unspecified atom stereocenters. The number of rotatable bonds is 7. The maximum atomic E-state index is 12.2. The first-order chi connectivity index (χ1) is 8.84. The summed E-state index contributed by atoms with van der Waals surface area (Å²) in [6.07, 6.45) is 1.80. The standard InChI is InChI=1S/C13H20N2O2S2/c1-10(2)6-5-9-15-19(16,17)12-8-4-3-7-11(12)13(14)18/h3-4,7-8,10,15H,5-6,9H2,1-2H3,(H2,14,18). The smallest absolute Gasteiger partial charge is 0.241 e. The van der Waals surface area contributed by atoms with Crippen LogP contribution in [-0.4, -0.2) is 20.0 Å². The van der Waals surface area contributed by atoms with Crippen LogP contribution in [0.1, 0.15) is 32.3 Å². The molecule has 1 aromatic carbocycles. The molecule has 0 aliphatic carbocycles. The third-order valence-corrected chi connectivity index (χ3v) is 4.43. The van der Waals surface area contributed by atoms with Crippen molar-refractivity contribution in [2.24, 2.45) is 11.7 Å². The van der Waals surface area contributed by atoms with E-state index in [1.165, 1.54) is 6.07 Å². The normalized spacial score (nSPS) is 11.7. The van der Waals surface area contributed by atoms with Gasteiger partial charge in [0.2, 0.25) is 10.0 Å². The Morgan fingerprint density at radius 1 is 1.37 bits per heavy atom. The van der Waals surface area contributed by atoms with Gasteiger partial charge in [-0.25, -0.2) is 13.1 Å². The van der Waals surface area contributed by atoms with Crippen LogP contribution >= 0.6 is 12.2 Å². The highest BCUT2D eigenvalue weighted by Gasteiger charge is 2.18. The first-order valence-corrected chi connectivity index (χ1v) is 8.12. The molecule has 0 spiro atoms. The minimum atomic E-state index is -3.55. The van der Waals surface area contributed by atoms with Crippen LogP contribution in [0.25, 0.3) is 0 Å². The highest BCUT2D eigenvalue weighted by Crippen LogP contribution is 2.15. The predicted octanol–water partition coefficient (Wildman–Crippen LogP) is 2.04. The molecular formula is C13H20N2O2S2. The number of thiocarbonyl (C=S) groups is 1. The van der Waals surface area contributed by atoms with Gasteiger partial charge in [-0.15, -0.1) is 0 Å². The molecular weight excluding hydrogens is 280 g/mol. The Morgan fingerprint density at radius 2 is 2.00 bits per heavy atom. The Bertz CT molecular complexity index is 539. The fourth-order valence-electron chi connectivity index (χ4n) is 1.70. The molecule has 0 aliphatic rings. The minimum absolute atomic E-state index is 0.0863. The van der Waals surface area contributed by atoms with E-state index in [4.69, 9.17) is 18.0 Å². The molecule has 0 saturated heterocycles. The van der Waals surface area contributed by atoms with Crippen molar-refractivity contribution in [2.45, 2.75) is 31.6 Å². The number of sulfonamides is 1. The second kappa shape index (κ2) is 6.98. The number of benzene rings is 1. The van der Waals surface area contributed by atoms with E-state index in [0.717, 1.165) is 12.8 Å². The zero-order chi connectivity index (χ0) is 14.5. The van der Waals surface area contributed by atoms with E-state index in [-0.39, 0.29) is 9.88 Å². The molecule has 6 heteroatoms. The summed E-state index contributed by atoms with van der Waals surface area (Å²) < 4.78 is 26.9. The van der Waals surface area contributed by atoms with Gasteiger partial charge in [0, 0.05) is 12.1 Å². The van der Waals surface area contributed by atoms with Gasteiger partial charge in [0.15, 0.2) is 0 Å². The third kappa shape index (κ3) is 4.89. The van der Waals surface area contributed by atoms with Crippen molar-refractivity contribution >= 4 is 27.2 Å². The molecule has 0 radical (unpaired) electrons. The van der Waals surface area contributed by atoms with E-state index in [1.807, 2.05) is 0 Å². The van der Waals surface area contributed by atoms with Crippen molar-refractivity contribution in [1.82, 2.24) is 4.72 Å². The van der Waals surface area contributed by atoms with Crippen molar-refractivity contribution in [3.63, 3.8) is 0 Å².